The minimum atomic E-state index is -0.449. The Morgan fingerprint density at radius 2 is 0.931 bits per heavy atom. The first-order valence-electron chi connectivity index (χ1n) is 11.3. The first kappa shape index (κ1) is 27.4. The van der Waals surface area contributed by atoms with Gasteiger partial charge in [-0.1, -0.05) is 91.2 Å². The molecule has 0 saturated heterocycles. The van der Waals surface area contributed by atoms with E-state index in [4.69, 9.17) is 14.2 Å². The van der Waals surface area contributed by atoms with Gasteiger partial charge in [0.2, 0.25) is 0 Å². The van der Waals surface area contributed by atoms with E-state index in [2.05, 4.69) is 27.0 Å². The molecule has 0 aromatic carbocycles. The first-order valence-corrected chi connectivity index (χ1v) is 11.3. The zero-order chi connectivity index (χ0) is 21.7. The summed E-state index contributed by atoms with van der Waals surface area (Å²) < 4.78 is 15.7. The van der Waals surface area contributed by atoms with Crippen molar-refractivity contribution >= 4 is 11.9 Å². The minimum absolute atomic E-state index is 0.0130. The standard InChI is InChI=1S/C24H42O5/c1-5-7-9-11-13-15-17-28-23(25)21(3)19-27-20-22(4)24(26)29-18-16-14-12-10-8-6-2/h3-20H2,1-2H3. The number of hydrogen-bond donors (Lipinski definition) is 0. The van der Waals surface area contributed by atoms with Crippen LogP contribution in [-0.4, -0.2) is 38.4 Å². The second-order valence-corrected chi connectivity index (χ2v) is 7.51. The molecule has 0 spiro atoms. The van der Waals surface area contributed by atoms with Gasteiger partial charge in [0.05, 0.1) is 37.6 Å². The molecule has 0 aliphatic carbocycles. The molecular formula is C24H42O5. The lowest BCUT2D eigenvalue weighted by atomic mass is 10.1. The number of carbonyl (C=O) groups is 2. The van der Waals surface area contributed by atoms with Gasteiger partial charge in [0.15, 0.2) is 0 Å². The highest BCUT2D eigenvalue weighted by Crippen LogP contribution is 2.07. The predicted molar refractivity (Wildman–Crippen MR) is 118 cm³/mol. The summed E-state index contributed by atoms with van der Waals surface area (Å²) in [6.07, 6.45) is 13.6. The fourth-order valence-electron chi connectivity index (χ4n) is 2.71. The molecule has 0 fully saturated rings. The van der Waals surface area contributed by atoms with Crippen LogP contribution in [0.5, 0.6) is 0 Å². The van der Waals surface area contributed by atoms with Crippen LogP contribution in [0.25, 0.3) is 0 Å². The van der Waals surface area contributed by atoms with Gasteiger partial charge in [0.25, 0.3) is 0 Å². The lowest BCUT2D eigenvalue weighted by molar-refractivity contribution is -0.139. The summed E-state index contributed by atoms with van der Waals surface area (Å²) in [4.78, 5) is 23.7. The van der Waals surface area contributed by atoms with Crippen molar-refractivity contribution in [2.24, 2.45) is 0 Å². The van der Waals surface area contributed by atoms with Gasteiger partial charge in [-0.3, -0.25) is 0 Å². The van der Waals surface area contributed by atoms with E-state index in [1.54, 1.807) is 0 Å². The fourth-order valence-corrected chi connectivity index (χ4v) is 2.71. The van der Waals surface area contributed by atoms with E-state index in [1.807, 2.05) is 0 Å². The number of esters is 2. The molecule has 0 atom stereocenters. The van der Waals surface area contributed by atoms with E-state index in [9.17, 15) is 9.59 Å². The molecule has 5 nitrogen and oxygen atoms in total. The Morgan fingerprint density at radius 3 is 1.31 bits per heavy atom. The summed E-state index contributed by atoms with van der Waals surface area (Å²) in [5.74, 6) is -0.898. The molecule has 5 heteroatoms. The topological polar surface area (TPSA) is 61.8 Å². The van der Waals surface area contributed by atoms with Gasteiger partial charge in [-0.15, -0.1) is 0 Å². The van der Waals surface area contributed by atoms with Gasteiger partial charge in [-0.25, -0.2) is 9.59 Å². The Labute approximate surface area is 177 Å². The zero-order valence-corrected chi connectivity index (χ0v) is 18.8. The van der Waals surface area contributed by atoms with Crippen LogP contribution in [0.15, 0.2) is 24.3 Å². The Morgan fingerprint density at radius 1 is 0.586 bits per heavy atom. The van der Waals surface area contributed by atoms with E-state index in [-0.39, 0.29) is 24.4 Å². The van der Waals surface area contributed by atoms with E-state index < -0.39 is 11.9 Å². The number of unbranched alkanes of at least 4 members (excludes halogenated alkanes) is 10. The van der Waals surface area contributed by atoms with Gasteiger partial charge >= 0.3 is 11.9 Å². The summed E-state index contributed by atoms with van der Waals surface area (Å²) in [5.41, 5.74) is 0.480. The molecule has 0 N–H and O–H groups in total. The van der Waals surface area contributed by atoms with Crippen molar-refractivity contribution in [3.63, 3.8) is 0 Å². The van der Waals surface area contributed by atoms with Crippen molar-refractivity contribution in [1.29, 1.82) is 0 Å². The number of carbonyl (C=O) groups excluding carboxylic acids is 2. The quantitative estimate of drug-likeness (QED) is 0.142. The van der Waals surface area contributed by atoms with Gasteiger partial charge in [0, 0.05) is 0 Å². The molecule has 168 valence electrons. The first-order chi connectivity index (χ1) is 14.0. The summed E-state index contributed by atoms with van der Waals surface area (Å²) in [6.45, 7) is 12.6. The predicted octanol–water partition coefficient (Wildman–Crippen LogP) is 5.92. The third-order valence-corrected chi connectivity index (χ3v) is 4.59. The highest BCUT2D eigenvalue weighted by Gasteiger charge is 2.12. The van der Waals surface area contributed by atoms with Gasteiger partial charge in [0.1, 0.15) is 0 Å². The highest BCUT2D eigenvalue weighted by molar-refractivity contribution is 5.88. The molecule has 0 amide bonds. The molecule has 0 saturated carbocycles. The van der Waals surface area contributed by atoms with Crippen LogP contribution in [0.2, 0.25) is 0 Å². The van der Waals surface area contributed by atoms with Crippen LogP contribution in [0.4, 0.5) is 0 Å². The zero-order valence-electron chi connectivity index (χ0n) is 18.8. The summed E-state index contributed by atoms with van der Waals surface area (Å²) in [7, 11) is 0. The molecule has 0 rings (SSSR count). The molecule has 0 aromatic heterocycles. The fraction of sp³-hybridized carbons (Fsp3) is 0.750. The van der Waals surface area contributed by atoms with E-state index in [0.29, 0.717) is 13.2 Å². The van der Waals surface area contributed by atoms with Crippen LogP contribution < -0.4 is 0 Å². The smallest absolute Gasteiger partial charge is 0.335 e. The lowest BCUT2D eigenvalue weighted by Gasteiger charge is -2.10. The van der Waals surface area contributed by atoms with Crippen LogP contribution in [0, 0.1) is 0 Å². The van der Waals surface area contributed by atoms with Crippen LogP contribution in [0.3, 0.4) is 0 Å². The van der Waals surface area contributed by atoms with Crippen molar-refractivity contribution in [2.45, 2.75) is 90.9 Å². The maximum Gasteiger partial charge on any atom is 0.335 e. The van der Waals surface area contributed by atoms with Crippen molar-refractivity contribution in [1.82, 2.24) is 0 Å². The number of ether oxygens (including phenoxy) is 3. The third kappa shape index (κ3) is 17.0. The summed E-state index contributed by atoms with van der Waals surface area (Å²) >= 11 is 0. The lowest BCUT2D eigenvalue weighted by Crippen LogP contribution is -2.16. The monoisotopic (exact) mass is 410 g/mol. The van der Waals surface area contributed by atoms with E-state index in [0.717, 1.165) is 25.7 Å². The van der Waals surface area contributed by atoms with Gasteiger partial charge in [-0.2, -0.15) is 0 Å². The molecule has 0 aliphatic heterocycles. The molecule has 0 aliphatic rings. The normalized spacial score (nSPS) is 10.6. The Kier molecular flexibility index (Phi) is 18.6. The van der Waals surface area contributed by atoms with Crippen LogP contribution >= 0.6 is 0 Å². The third-order valence-electron chi connectivity index (χ3n) is 4.59. The molecule has 0 radical (unpaired) electrons. The molecule has 0 bridgehead atoms. The Balaban J connectivity index is 3.68. The summed E-state index contributed by atoms with van der Waals surface area (Å²) in [5, 5.41) is 0. The van der Waals surface area contributed by atoms with Crippen molar-refractivity contribution < 1.29 is 23.8 Å². The molecule has 0 heterocycles. The van der Waals surface area contributed by atoms with Crippen molar-refractivity contribution in [3.8, 4) is 0 Å². The van der Waals surface area contributed by atoms with Crippen molar-refractivity contribution in [2.75, 3.05) is 26.4 Å². The van der Waals surface area contributed by atoms with E-state index in [1.165, 1.54) is 51.4 Å². The van der Waals surface area contributed by atoms with Crippen LogP contribution in [0.1, 0.15) is 90.9 Å². The largest absolute Gasteiger partial charge is 0.462 e. The SMILES string of the molecule is C=C(COCC(=C)C(=O)OCCCCCCCC)C(=O)OCCCCCCCC. The van der Waals surface area contributed by atoms with E-state index >= 15 is 0 Å². The second kappa shape index (κ2) is 19.7. The van der Waals surface area contributed by atoms with Crippen molar-refractivity contribution in [3.05, 3.63) is 24.3 Å². The molecule has 29 heavy (non-hydrogen) atoms. The second-order valence-electron chi connectivity index (χ2n) is 7.51. The average Bonchev–Trinajstić information content (AvgIpc) is 2.71. The Bertz CT molecular complexity index is 428. The van der Waals surface area contributed by atoms with Gasteiger partial charge < -0.3 is 14.2 Å². The van der Waals surface area contributed by atoms with Gasteiger partial charge in [-0.05, 0) is 12.8 Å². The average molecular weight is 411 g/mol. The number of hydrogen-bond acceptors (Lipinski definition) is 5. The highest BCUT2D eigenvalue weighted by atomic mass is 16.5. The maximum absolute atomic E-state index is 11.8. The molecule has 0 aromatic rings. The Hall–Kier alpha value is -1.62. The molecular weight excluding hydrogens is 368 g/mol. The van der Waals surface area contributed by atoms with Crippen LogP contribution in [-0.2, 0) is 23.8 Å². The minimum Gasteiger partial charge on any atom is -0.462 e. The summed E-state index contributed by atoms with van der Waals surface area (Å²) in [6, 6.07) is 0. The maximum atomic E-state index is 11.8. The number of rotatable bonds is 20. The molecule has 0 unspecified atom stereocenters.